The number of primary sulfonamides is 1. The number of thiophene rings is 1. The Labute approximate surface area is 166 Å². The highest BCUT2D eigenvalue weighted by Crippen LogP contribution is 2.19. The molecule has 4 N–H and O–H groups in total. The minimum absolute atomic E-state index is 0. The van der Waals surface area contributed by atoms with Crippen LogP contribution in [-0.2, 0) is 16.6 Å². The summed E-state index contributed by atoms with van der Waals surface area (Å²) in [6, 6.07) is 3.63. The molecule has 0 aliphatic carbocycles. The number of nitrogens with one attached hydrogen (secondary N) is 2. The van der Waals surface area contributed by atoms with Crippen LogP contribution in [0.1, 0.15) is 44.9 Å². The van der Waals surface area contributed by atoms with Gasteiger partial charge < -0.3 is 10.6 Å². The van der Waals surface area contributed by atoms with Crippen molar-refractivity contribution < 1.29 is 8.42 Å². The molecule has 0 saturated heterocycles. The van der Waals surface area contributed by atoms with Gasteiger partial charge in [-0.3, -0.25) is 4.99 Å². The lowest BCUT2D eigenvalue weighted by Gasteiger charge is -2.18. The number of hydrogen-bond donors (Lipinski definition) is 3. The Bertz CT molecular complexity index is 615. The first-order valence-corrected chi connectivity index (χ1v) is 10.2. The Kier molecular flexibility index (Phi) is 11.1. The van der Waals surface area contributed by atoms with E-state index in [2.05, 4.69) is 36.4 Å². The Balaban J connectivity index is 0.00000529. The number of halogens is 1. The minimum atomic E-state index is -3.62. The minimum Gasteiger partial charge on any atom is -0.354 e. The summed E-state index contributed by atoms with van der Waals surface area (Å²) in [4.78, 5) is 5.09. The summed E-state index contributed by atoms with van der Waals surface area (Å²) in [7, 11) is -1.90. The van der Waals surface area contributed by atoms with E-state index in [1.54, 1.807) is 13.1 Å². The largest absolute Gasteiger partial charge is 0.354 e. The maximum atomic E-state index is 11.3. The van der Waals surface area contributed by atoms with Crippen molar-refractivity contribution in [3.05, 3.63) is 17.0 Å². The normalized spacial score (nSPS) is 13.5. The summed E-state index contributed by atoms with van der Waals surface area (Å²) in [5.41, 5.74) is 0. The summed E-state index contributed by atoms with van der Waals surface area (Å²) < 4.78 is 22.7. The summed E-state index contributed by atoms with van der Waals surface area (Å²) in [5, 5.41) is 11.7. The predicted octanol–water partition coefficient (Wildman–Crippen LogP) is 2.89. The van der Waals surface area contributed by atoms with Crippen LogP contribution in [0.4, 0.5) is 0 Å². The number of rotatable bonds is 8. The summed E-state index contributed by atoms with van der Waals surface area (Å²) >= 11 is 1.17. The van der Waals surface area contributed by atoms with Gasteiger partial charge in [0.05, 0.1) is 6.54 Å². The fourth-order valence-electron chi connectivity index (χ4n) is 2.11. The van der Waals surface area contributed by atoms with Crippen molar-refractivity contribution in [1.82, 2.24) is 10.6 Å². The second-order valence-corrected chi connectivity index (χ2v) is 9.02. The first-order valence-electron chi connectivity index (χ1n) is 7.81. The zero-order valence-electron chi connectivity index (χ0n) is 14.7. The first kappa shape index (κ1) is 23.6. The smallest absolute Gasteiger partial charge is 0.247 e. The van der Waals surface area contributed by atoms with Crippen LogP contribution in [0, 0.1) is 5.92 Å². The van der Waals surface area contributed by atoms with E-state index in [4.69, 9.17) is 5.14 Å². The number of hydrogen-bond acceptors (Lipinski definition) is 4. The van der Waals surface area contributed by atoms with Gasteiger partial charge >= 0.3 is 0 Å². The molecule has 1 atom stereocenters. The van der Waals surface area contributed by atoms with E-state index in [1.165, 1.54) is 30.2 Å². The molecule has 0 amide bonds. The first-order chi connectivity index (χ1) is 10.7. The van der Waals surface area contributed by atoms with Crippen LogP contribution in [0.15, 0.2) is 21.3 Å². The van der Waals surface area contributed by atoms with Gasteiger partial charge in [-0.1, -0.05) is 26.7 Å². The monoisotopic (exact) mass is 488 g/mol. The van der Waals surface area contributed by atoms with Crippen LogP contribution in [0.25, 0.3) is 0 Å². The summed E-state index contributed by atoms with van der Waals surface area (Å²) in [5.74, 6) is 1.44. The van der Waals surface area contributed by atoms with Crippen molar-refractivity contribution in [1.29, 1.82) is 0 Å². The average Bonchev–Trinajstić information content (AvgIpc) is 2.91. The summed E-state index contributed by atoms with van der Waals surface area (Å²) in [6.45, 7) is 7.11. The second-order valence-electron chi connectivity index (χ2n) is 6.06. The van der Waals surface area contributed by atoms with Crippen molar-refractivity contribution in [2.45, 2.75) is 56.8 Å². The molecule has 0 radical (unpaired) electrons. The molecule has 6 nitrogen and oxygen atoms in total. The van der Waals surface area contributed by atoms with Crippen molar-refractivity contribution in [3.8, 4) is 0 Å². The fraction of sp³-hybridized carbons (Fsp3) is 0.667. The Morgan fingerprint density at radius 1 is 1.29 bits per heavy atom. The number of guanidine groups is 1. The predicted molar refractivity (Wildman–Crippen MR) is 113 cm³/mol. The van der Waals surface area contributed by atoms with E-state index >= 15 is 0 Å². The van der Waals surface area contributed by atoms with E-state index in [9.17, 15) is 8.42 Å². The van der Waals surface area contributed by atoms with E-state index in [0.717, 1.165) is 17.2 Å². The van der Waals surface area contributed by atoms with Gasteiger partial charge in [0.1, 0.15) is 4.21 Å². The Hall–Kier alpha value is -0.390. The van der Waals surface area contributed by atoms with Crippen LogP contribution in [-0.4, -0.2) is 27.5 Å². The molecule has 24 heavy (non-hydrogen) atoms. The maximum absolute atomic E-state index is 11.3. The molecule has 9 heteroatoms. The average molecular weight is 488 g/mol. The topological polar surface area (TPSA) is 96.6 Å². The Morgan fingerprint density at radius 3 is 2.46 bits per heavy atom. The molecular weight excluding hydrogens is 459 g/mol. The third kappa shape index (κ3) is 9.19. The molecule has 140 valence electrons. The third-order valence-corrected chi connectivity index (χ3v) is 5.90. The van der Waals surface area contributed by atoms with Crippen LogP contribution < -0.4 is 15.8 Å². The zero-order valence-corrected chi connectivity index (χ0v) is 18.7. The van der Waals surface area contributed by atoms with Gasteiger partial charge in [0, 0.05) is 18.0 Å². The molecule has 1 unspecified atom stereocenters. The lowest BCUT2D eigenvalue weighted by atomic mass is 10.0. The lowest BCUT2D eigenvalue weighted by Crippen LogP contribution is -2.41. The molecule has 0 fully saturated rings. The standard InChI is InChI=1S/C15H28N4O2S2.HI/c1-11(2)6-5-7-12(3)19-15(17-4)18-10-13-8-9-14(22-13)23(16,20)21;/h8-9,11-12H,5-7,10H2,1-4H3,(H2,16,20,21)(H2,17,18,19);1H. The van der Waals surface area contributed by atoms with Crippen LogP contribution >= 0.6 is 35.3 Å². The van der Waals surface area contributed by atoms with E-state index in [0.29, 0.717) is 18.5 Å². The van der Waals surface area contributed by atoms with E-state index < -0.39 is 10.0 Å². The zero-order chi connectivity index (χ0) is 17.5. The van der Waals surface area contributed by atoms with Crippen molar-refractivity contribution >= 4 is 51.3 Å². The van der Waals surface area contributed by atoms with E-state index in [-0.39, 0.29) is 28.2 Å². The van der Waals surface area contributed by atoms with Gasteiger partial charge in [-0.15, -0.1) is 35.3 Å². The molecule has 1 heterocycles. The van der Waals surface area contributed by atoms with E-state index in [1.807, 2.05) is 0 Å². The van der Waals surface area contributed by atoms with Crippen LogP contribution in [0.3, 0.4) is 0 Å². The van der Waals surface area contributed by atoms with Crippen molar-refractivity contribution in [2.75, 3.05) is 7.05 Å². The number of aliphatic imine (C=N–C) groups is 1. The van der Waals surface area contributed by atoms with Crippen molar-refractivity contribution in [3.63, 3.8) is 0 Å². The fourth-order valence-corrected chi connectivity index (χ4v) is 3.83. The van der Waals surface area contributed by atoms with Gasteiger partial charge in [-0.2, -0.15) is 0 Å². The molecular formula is C15H29IN4O2S2. The number of nitrogens with two attached hydrogens (primary N) is 1. The van der Waals surface area contributed by atoms with Crippen LogP contribution in [0.5, 0.6) is 0 Å². The highest BCUT2D eigenvalue weighted by atomic mass is 127. The lowest BCUT2D eigenvalue weighted by molar-refractivity contribution is 0.491. The van der Waals surface area contributed by atoms with Crippen molar-refractivity contribution in [2.24, 2.45) is 16.0 Å². The van der Waals surface area contributed by atoms with Crippen LogP contribution in [0.2, 0.25) is 0 Å². The number of nitrogens with zero attached hydrogens (tertiary/aromatic N) is 1. The third-order valence-electron chi connectivity index (χ3n) is 3.37. The number of sulfonamides is 1. The molecule has 0 aliphatic rings. The van der Waals surface area contributed by atoms with Gasteiger partial charge in [0.2, 0.25) is 10.0 Å². The highest BCUT2D eigenvalue weighted by molar-refractivity contribution is 14.0. The molecule has 1 rings (SSSR count). The van der Waals surface area contributed by atoms with Gasteiger partial charge in [-0.25, -0.2) is 13.6 Å². The SMILES string of the molecule is CN=C(NCc1ccc(S(N)(=O)=O)s1)NC(C)CCCC(C)C.I. The molecule has 0 aromatic carbocycles. The molecule has 1 aromatic heterocycles. The quantitative estimate of drug-likeness (QED) is 0.298. The molecule has 0 bridgehead atoms. The Morgan fingerprint density at radius 2 is 1.96 bits per heavy atom. The van der Waals surface area contributed by atoms with Gasteiger partial charge in [0.15, 0.2) is 5.96 Å². The summed E-state index contributed by atoms with van der Waals surface area (Å²) in [6.07, 6.45) is 3.50. The highest BCUT2D eigenvalue weighted by Gasteiger charge is 2.11. The maximum Gasteiger partial charge on any atom is 0.247 e. The van der Waals surface area contributed by atoms with Gasteiger partial charge in [-0.05, 0) is 31.4 Å². The molecule has 0 aliphatic heterocycles. The molecule has 1 aromatic rings. The molecule has 0 spiro atoms. The van der Waals surface area contributed by atoms with Gasteiger partial charge in [0.25, 0.3) is 0 Å². The molecule has 0 saturated carbocycles. The second kappa shape index (κ2) is 11.3.